The zero-order valence-corrected chi connectivity index (χ0v) is 13.2. The van der Waals surface area contributed by atoms with Gasteiger partial charge in [-0.25, -0.2) is 0 Å². The molecule has 1 fully saturated rings. The van der Waals surface area contributed by atoms with Gasteiger partial charge in [0.25, 0.3) is 0 Å². The second-order valence-electron chi connectivity index (χ2n) is 6.72. The summed E-state index contributed by atoms with van der Waals surface area (Å²) in [4.78, 5) is 24.0. The van der Waals surface area contributed by atoms with Crippen LogP contribution < -0.4 is 5.32 Å². The number of aliphatic carboxylic acids is 1. The Morgan fingerprint density at radius 1 is 0.952 bits per heavy atom. The van der Waals surface area contributed by atoms with Gasteiger partial charge in [-0.2, -0.15) is 0 Å². The SMILES string of the molecule is CC1=C(C)C[C@@H](C(=O)NC2CCCCCC2)[C@H](C(=O)O)C1. The highest BCUT2D eigenvalue weighted by molar-refractivity contribution is 5.85. The van der Waals surface area contributed by atoms with E-state index in [0.717, 1.165) is 31.3 Å². The summed E-state index contributed by atoms with van der Waals surface area (Å²) in [5.41, 5.74) is 2.30. The summed E-state index contributed by atoms with van der Waals surface area (Å²) in [5, 5.41) is 12.5. The molecule has 2 aliphatic carbocycles. The van der Waals surface area contributed by atoms with Crippen molar-refractivity contribution in [3.63, 3.8) is 0 Å². The van der Waals surface area contributed by atoms with Crippen molar-refractivity contribution in [2.24, 2.45) is 11.8 Å². The molecular formula is C17H27NO3. The van der Waals surface area contributed by atoms with Gasteiger partial charge in [0.15, 0.2) is 0 Å². The summed E-state index contributed by atoms with van der Waals surface area (Å²) >= 11 is 0. The third-order valence-electron chi connectivity index (χ3n) is 5.12. The predicted molar refractivity (Wildman–Crippen MR) is 81.9 cm³/mol. The van der Waals surface area contributed by atoms with E-state index in [9.17, 15) is 14.7 Å². The van der Waals surface area contributed by atoms with Crippen LogP contribution in [0.1, 0.15) is 65.2 Å². The molecule has 4 nitrogen and oxygen atoms in total. The molecule has 0 unspecified atom stereocenters. The van der Waals surface area contributed by atoms with E-state index < -0.39 is 17.8 Å². The van der Waals surface area contributed by atoms with Gasteiger partial charge in [-0.15, -0.1) is 0 Å². The Kier molecular flexibility index (Phi) is 5.43. The van der Waals surface area contributed by atoms with Crippen LogP contribution in [0.3, 0.4) is 0 Å². The molecule has 2 aliphatic rings. The largest absolute Gasteiger partial charge is 0.481 e. The summed E-state index contributed by atoms with van der Waals surface area (Å²) in [6.45, 7) is 3.99. The minimum Gasteiger partial charge on any atom is -0.481 e. The van der Waals surface area contributed by atoms with Crippen molar-refractivity contribution < 1.29 is 14.7 Å². The fraction of sp³-hybridized carbons (Fsp3) is 0.765. The zero-order chi connectivity index (χ0) is 15.4. The molecule has 0 aromatic carbocycles. The van der Waals surface area contributed by atoms with E-state index >= 15 is 0 Å². The number of rotatable bonds is 3. The average Bonchev–Trinajstić information content (AvgIpc) is 2.69. The van der Waals surface area contributed by atoms with Crippen LogP contribution in [0.2, 0.25) is 0 Å². The van der Waals surface area contributed by atoms with Gasteiger partial charge in [-0.1, -0.05) is 36.8 Å². The summed E-state index contributed by atoms with van der Waals surface area (Å²) in [5.74, 6) is -1.88. The van der Waals surface area contributed by atoms with Gasteiger partial charge in [0.1, 0.15) is 0 Å². The van der Waals surface area contributed by atoms with Gasteiger partial charge in [-0.05, 0) is 39.5 Å². The molecule has 2 rings (SSSR count). The molecule has 0 spiro atoms. The lowest BCUT2D eigenvalue weighted by Gasteiger charge is -2.31. The van der Waals surface area contributed by atoms with Crippen molar-refractivity contribution in [1.29, 1.82) is 0 Å². The second kappa shape index (κ2) is 7.10. The van der Waals surface area contributed by atoms with Gasteiger partial charge < -0.3 is 10.4 Å². The molecule has 0 aromatic heterocycles. The fourth-order valence-electron chi connectivity index (χ4n) is 3.56. The first-order valence-corrected chi connectivity index (χ1v) is 8.17. The van der Waals surface area contributed by atoms with Crippen LogP contribution >= 0.6 is 0 Å². The molecule has 2 N–H and O–H groups in total. The quantitative estimate of drug-likeness (QED) is 0.620. The Morgan fingerprint density at radius 2 is 1.48 bits per heavy atom. The Morgan fingerprint density at radius 3 is 2.00 bits per heavy atom. The number of carboxylic acid groups (broad SMARTS) is 1. The van der Waals surface area contributed by atoms with Gasteiger partial charge in [0.2, 0.25) is 5.91 Å². The minimum atomic E-state index is -0.845. The molecule has 0 saturated heterocycles. The maximum Gasteiger partial charge on any atom is 0.307 e. The second-order valence-corrected chi connectivity index (χ2v) is 6.72. The number of carboxylic acids is 1. The molecule has 0 aliphatic heterocycles. The average molecular weight is 293 g/mol. The van der Waals surface area contributed by atoms with Gasteiger partial charge in [0, 0.05) is 6.04 Å². The Bertz CT molecular complexity index is 433. The predicted octanol–water partition coefficient (Wildman–Crippen LogP) is 3.27. The number of hydrogen-bond donors (Lipinski definition) is 2. The highest BCUT2D eigenvalue weighted by Crippen LogP contribution is 2.34. The van der Waals surface area contributed by atoms with E-state index in [1.165, 1.54) is 18.4 Å². The number of hydrogen-bond acceptors (Lipinski definition) is 2. The van der Waals surface area contributed by atoms with Gasteiger partial charge in [-0.3, -0.25) is 9.59 Å². The van der Waals surface area contributed by atoms with E-state index in [0.29, 0.717) is 12.8 Å². The van der Waals surface area contributed by atoms with Crippen molar-refractivity contribution in [1.82, 2.24) is 5.32 Å². The molecule has 118 valence electrons. The number of amides is 1. The standard InChI is InChI=1S/C17H27NO3/c1-11-9-14(15(17(20)21)10-12(11)2)16(19)18-13-7-5-3-4-6-8-13/h13-15H,3-10H2,1-2H3,(H,18,19)(H,20,21)/t14-,15-/m1/s1. The van der Waals surface area contributed by atoms with Gasteiger partial charge >= 0.3 is 5.97 Å². The molecule has 0 radical (unpaired) electrons. The molecular weight excluding hydrogens is 266 g/mol. The first kappa shape index (κ1) is 16.1. The number of nitrogens with one attached hydrogen (secondary N) is 1. The first-order chi connectivity index (χ1) is 9.99. The third kappa shape index (κ3) is 4.08. The normalized spacial score (nSPS) is 28.1. The van der Waals surface area contributed by atoms with Crippen LogP contribution in [0.4, 0.5) is 0 Å². The molecule has 0 aromatic rings. The van der Waals surface area contributed by atoms with Crippen LogP contribution in [0.15, 0.2) is 11.1 Å². The van der Waals surface area contributed by atoms with E-state index in [1.54, 1.807) is 0 Å². The Balaban J connectivity index is 2.03. The van der Waals surface area contributed by atoms with E-state index in [-0.39, 0.29) is 11.9 Å². The van der Waals surface area contributed by atoms with Crippen molar-refractivity contribution in [3.8, 4) is 0 Å². The summed E-state index contributed by atoms with van der Waals surface area (Å²) in [6.07, 6.45) is 7.97. The van der Waals surface area contributed by atoms with Crippen LogP contribution in [-0.4, -0.2) is 23.0 Å². The van der Waals surface area contributed by atoms with Crippen molar-refractivity contribution >= 4 is 11.9 Å². The molecule has 21 heavy (non-hydrogen) atoms. The third-order valence-corrected chi connectivity index (χ3v) is 5.12. The highest BCUT2D eigenvalue weighted by atomic mass is 16.4. The summed E-state index contributed by atoms with van der Waals surface area (Å²) in [6, 6.07) is 0.238. The maximum atomic E-state index is 12.5. The summed E-state index contributed by atoms with van der Waals surface area (Å²) < 4.78 is 0. The van der Waals surface area contributed by atoms with Crippen LogP contribution in [0.25, 0.3) is 0 Å². The minimum absolute atomic E-state index is 0.0545. The van der Waals surface area contributed by atoms with Crippen LogP contribution in [-0.2, 0) is 9.59 Å². The van der Waals surface area contributed by atoms with Gasteiger partial charge in [0.05, 0.1) is 11.8 Å². The topological polar surface area (TPSA) is 66.4 Å². The molecule has 4 heteroatoms. The smallest absolute Gasteiger partial charge is 0.307 e. The molecule has 1 amide bonds. The highest BCUT2D eigenvalue weighted by Gasteiger charge is 2.37. The van der Waals surface area contributed by atoms with Crippen LogP contribution in [0.5, 0.6) is 0 Å². The zero-order valence-electron chi connectivity index (χ0n) is 13.2. The van der Waals surface area contributed by atoms with Crippen LogP contribution in [0, 0.1) is 11.8 Å². The molecule has 2 atom stereocenters. The molecule has 0 heterocycles. The lowest BCUT2D eigenvalue weighted by molar-refractivity contribution is -0.147. The monoisotopic (exact) mass is 293 g/mol. The number of allylic oxidation sites excluding steroid dienone is 2. The maximum absolute atomic E-state index is 12.5. The van der Waals surface area contributed by atoms with Crippen molar-refractivity contribution in [2.45, 2.75) is 71.3 Å². The Hall–Kier alpha value is -1.32. The van der Waals surface area contributed by atoms with E-state index in [2.05, 4.69) is 5.32 Å². The number of carbonyl (C=O) groups excluding carboxylic acids is 1. The lowest BCUT2D eigenvalue weighted by Crippen LogP contribution is -2.44. The molecule has 1 saturated carbocycles. The Labute approximate surface area is 127 Å². The number of carbonyl (C=O) groups is 2. The molecule has 0 bridgehead atoms. The van der Waals surface area contributed by atoms with Crippen molar-refractivity contribution in [3.05, 3.63) is 11.1 Å². The van der Waals surface area contributed by atoms with Crippen molar-refractivity contribution in [2.75, 3.05) is 0 Å². The first-order valence-electron chi connectivity index (χ1n) is 8.17. The van der Waals surface area contributed by atoms with E-state index in [1.807, 2.05) is 13.8 Å². The lowest BCUT2D eigenvalue weighted by atomic mass is 9.76. The van der Waals surface area contributed by atoms with E-state index in [4.69, 9.17) is 0 Å². The fourth-order valence-corrected chi connectivity index (χ4v) is 3.56. The summed E-state index contributed by atoms with van der Waals surface area (Å²) in [7, 11) is 0.